The van der Waals surface area contributed by atoms with Gasteiger partial charge in [0.15, 0.2) is 0 Å². The molecule has 1 aliphatic heterocycles. The van der Waals surface area contributed by atoms with Crippen molar-refractivity contribution >= 4 is 38.9 Å². The van der Waals surface area contributed by atoms with E-state index in [-0.39, 0.29) is 11.7 Å². The Bertz CT molecular complexity index is 895. The smallest absolute Gasteiger partial charge is 0.255 e. The average Bonchev–Trinajstić information content (AvgIpc) is 2.56. The first-order chi connectivity index (χ1) is 11.9. The minimum absolute atomic E-state index is 0.134. The van der Waals surface area contributed by atoms with E-state index in [1.165, 1.54) is 4.31 Å². The largest absolute Gasteiger partial charge is 0.322 e. The van der Waals surface area contributed by atoms with E-state index < -0.39 is 10.0 Å². The van der Waals surface area contributed by atoms with Gasteiger partial charge in [0.2, 0.25) is 10.0 Å². The van der Waals surface area contributed by atoms with Gasteiger partial charge in [-0.2, -0.15) is 0 Å². The summed E-state index contributed by atoms with van der Waals surface area (Å²) in [5.74, 6) is -0.107. The number of rotatable bonds is 3. The lowest BCUT2D eigenvalue weighted by molar-refractivity contribution is 0.102. The van der Waals surface area contributed by atoms with Gasteiger partial charge in [-0.15, -0.1) is 0 Å². The molecule has 1 N–H and O–H groups in total. The van der Waals surface area contributed by atoms with Gasteiger partial charge in [-0.25, -0.2) is 8.42 Å². The van der Waals surface area contributed by atoms with E-state index in [0.29, 0.717) is 34.9 Å². The number of sulfonamides is 1. The van der Waals surface area contributed by atoms with E-state index >= 15 is 0 Å². The minimum atomic E-state index is -3.32. The predicted octanol–water partition coefficient (Wildman–Crippen LogP) is 3.83. The van der Waals surface area contributed by atoms with Crippen LogP contribution in [0.25, 0.3) is 0 Å². The van der Waals surface area contributed by atoms with Crippen molar-refractivity contribution in [3.05, 3.63) is 58.6 Å². The van der Waals surface area contributed by atoms with Crippen LogP contribution in [-0.4, -0.2) is 26.6 Å². The maximum atomic E-state index is 12.3. The molecule has 5 nitrogen and oxygen atoms in total. The third-order valence-electron chi connectivity index (χ3n) is 4.14. The molecular weight excluding hydrogens is 360 g/mol. The van der Waals surface area contributed by atoms with Crippen molar-refractivity contribution in [1.82, 2.24) is 0 Å². The van der Waals surface area contributed by atoms with Gasteiger partial charge in [-0.1, -0.05) is 29.3 Å². The molecule has 0 atom stereocenters. The number of amides is 1. The standard InChI is InChI=1S/C18H19ClN2O3S/c1-13-4-6-14(7-5-13)18(22)20-15-8-9-17(16(19)12-15)21-10-2-3-11-25(21,23)24/h4-9,12H,2-3,10-11H2,1H3,(H,20,22). The fraction of sp³-hybridized carbons (Fsp3) is 0.278. The third kappa shape index (κ3) is 3.96. The molecule has 0 spiro atoms. The average molecular weight is 379 g/mol. The minimum Gasteiger partial charge on any atom is -0.322 e. The van der Waals surface area contributed by atoms with Crippen LogP contribution in [-0.2, 0) is 10.0 Å². The lowest BCUT2D eigenvalue weighted by Gasteiger charge is -2.29. The van der Waals surface area contributed by atoms with E-state index in [1.54, 1.807) is 30.3 Å². The zero-order chi connectivity index (χ0) is 18.0. The molecule has 1 heterocycles. The Morgan fingerprint density at radius 2 is 1.84 bits per heavy atom. The first-order valence-electron chi connectivity index (χ1n) is 8.05. The van der Waals surface area contributed by atoms with Crippen molar-refractivity contribution in [3.63, 3.8) is 0 Å². The van der Waals surface area contributed by atoms with Crippen LogP contribution >= 0.6 is 11.6 Å². The summed E-state index contributed by atoms with van der Waals surface area (Å²) in [7, 11) is -3.32. The molecule has 1 fully saturated rings. The summed E-state index contributed by atoms with van der Waals surface area (Å²) < 4.78 is 25.8. The molecule has 3 rings (SSSR count). The Labute approximate surface area is 152 Å². The predicted molar refractivity (Wildman–Crippen MR) is 101 cm³/mol. The quantitative estimate of drug-likeness (QED) is 0.882. The van der Waals surface area contributed by atoms with Crippen LogP contribution in [0.5, 0.6) is 0 Å². The fourth-order valence-electron chi connectivity index (χ4n) is 2.75. The molecule has 0 unspecified atom stereocenters. The van der Waals surface area contributed by atoms with Crippen molar-refractivity contribution in [2.75, 3.05) is 21.9 Å². The summed E-state index contributed by atoms with van der Waals surface area (Å²) in [5, 5.41) is 3.08. The number of anilines is 2. The van der Waals surface area contributed by atoms with E-state index in [1.807, 2.05) is 19.1 Å². The number of aryl methyl sites for hydroxylation is 1. The fourth-order valence-corrected chi connectivity index (χ4v) is 4.74. The molecule has 1 aliphatic rings. The molecule has 25 heavy (non-hydrogen) atoms. The summed E-state index contributed by atoms with van der Waals surface area (Å²) in [6.07, 6.45) is 1.47. The zero-order valence-electron chi connectivity index (χ0n) is 13.8. The summed E-state index contributed by atoms with van der Waals surface area (Å²) in [6, 6.07) is 12.1. The molecule has 1 saturated heterocycles. The highest BCUT2D eigenvalue weighted by Gasteiger charge is 2.27. The van der Waals surface area contributed by atoms with Gasteiger partial charge in [0.05, 0.1) is 16.5 Å². The van der Waals surface area contributed by atoms with Crippen molar-refractivity contribution in [2.45, 2.75) is 19.8 Å². The van der Waals surface area contributed by atoms with Gasteiger partial charge in [0.1, 0.15) is 0 Å². The van der Waals surface area contributed by atoms with Gasteiger partial charge in [0.25, 0.3) is 5.91 Å². The van der Waals surface area contributed by atoms with E-state index in [0.717, 1.165) is 12.0 Å². The van der Waals surface area contributed by atoms with E-state index in [9.17, 15) is 13.2 Å². The molecule has 0 aromatic heterocycles. The molecule has 2 aromatic rings. The molecule has 2 aromatic carbocycles. The van der Waals surface area contributed by atoms with Crippen LogP contribution < -0.4 is 9.62 Å². The molecule has 7 heteroatoms. The van der Waals surface area contributed by atoms with Crippen LogP contribution in [0, 0.1) is 6.92 Å². The van der Waals surface area contributed by atoms with Gasteiger partial charge in [-0.3, -0.25) is 9.10 Å². The normalized spacial score (nSPS) is 16.5. The second-order valence-electron chi connectivity index (χ2n) is 6.08. The van der Waals surface area contributed by atoms with Crippen LogP contribution in [0.2, 0.25) is 5.02 Å². The Balaban J connectivity index is 1.80. The lowest BCUT2D eigenvalue weighted by Crippen LogP contribution is -2.38. The number of nitrogens with zero attached hydrogens (tertiary/aromatic N) is 1. The van der Waals surface area contributed by atoms with E-state index in [4.69, 9.17) is 11.6 Å². The van der Waals surface area contributed by atoms with Crippen LogP contribution in [0.4, 0.5) is 11.4 Å². The Morgan fingerprint density at radius 3 is 2.48 bits per heavy atom. The maximum Gasteiger partial charge on any atom is 0.255 e. The first kappa shape index (κ1) is 17.8. The molecule has 0 aliphatic carbocycles. The van der Waals surface area contributed by atoms with Crippen molar-refractivity contribution < 1.29 is 13.2 Å². The third-order valence-corrected chi connectivity index (χ3v) is 6.30. The number of hydrogen-bond acceptors (Lipinski definition) is 3. The number of carbonyl (C=O) groups excluding carboxylic acids is 1. The maximum absolute atomic E-state index is 12.3. The number of benzene rings is 2. The summed E-state index contributed by atoms with van der Waals surface area (Å²) in [5.41, 5.74) is 2.60. The van der Waals surface area contributed by atoms with E-state index in [2.05, 4.69) is 5.32 Å². The Morgan fingerprint density at radius 1 is 1.12 bits per heavy atom. The van der Waals surface area contributed by atoms with Gasteiger partial charge in [0, 0.05) is 17.8 Å². The summed E-state index contributed by atoms with van der Waals surface area (Å²) in [6.45, 7) is 2.38. The van der Waals surface area contributed by atoms with Gasteiger partial charge >= 0.3 is 0 Å². The topological polar surface area (TPSA) is 66.5 Å². The Hall–Kier alpha value is -2.05. The van der Waals surface area contributed by atoms with Gasteiger partial charge in [-0.05, 0) is 50.1 Å². The number of carbonyl (C=O) groups is 1. The van der Waals surface area contributed by atoms with Crippen molar-refractivity contribution in [3.8, 4) is 0 Å². The first-order valence-corrected chi connectivity index (χ1v) is 10.0. The molecule has 0 radical (unpaired) electrons. The van der Waals surface area contributed by atoms with Crippen LogP contribution in [0.15, 0.2) is 42.5 Å². The summed E-state index contributed by atoms with van der Waals surface area (Å²) >= 11 is 6.28. The number of hydrogen-bond donors (Lipinski definition) is 1. The van der Waals surface area contributed by atoms with Crippen molar-refractivity contribution in [1.29, 1.82) is 0 Å². The van der Waals surface area contributed by atoms with Crippen molar-refractivity contribution in [2.24, 2.45) is 0 Å². The molecule has 1 amide bonds. The molecule has 0 bridgehead atoms. The molecule has 0 saturated carbocycles. The van der Waals surface area contributed by atoms with Crippen LogP contribution in [0.1, 0.15) is 28.8 Å². The van der Waals surface area contributed by atoms with Crippen LogP contribution in [0.3, 0.4) is 0 Å². The lowest BCUT2D eigenvalue weighted by atomic mass is 10.1. The number of nitrogens with one attached hydrogen (secondary N) is 1. The highest BCUT2D eigenvalue weighted by atomic mass is 35.5. The highest BCUT2D eigenvalue weighted by Crippen LogP contribution is 2.32. The molecule has 132 valence electrons. The SMILES string of the molecule is Cc1ccc(C(=O)Nc2ccc(N3CCCCS3(=O)=O)c(Cl)c2)cc1. The second-order valence-corrected chi connectivity index (χ2v) is 8.50. The second kappa shape index (κ2) is 7.06. The zero-order valence-corrected chi connectivity index (χ0v) is 15.4. The van der Waals surface area contributed by atoms with Gasteiger partial charge < -0.3 is 5.32 Å². The summed E-state index contributed by atoms with van der Waals surface area (Å²) in [4.78, 5) is 12.3. The number of halogens is 1. The highest BCUT2D eigenvalue weighted by molar-refractivity contribution is 7.92. The Kier molecular flexibility index (Phi) is 5.01. The monoisotopic (exact) mass is 378 g/mol. The molecular formula is C18H19ClN2O3S.